The number of rotatable bonds is 4. The van der Waals surface area contributed by atoms with E-state index >= 15 is 8.63 Å². The molecular weight excluding hydrogens is 299 g/mol. The van der Waals surface area contributed by atoms with E-state index in [1.54, 1.807) is 55.0 Å². The molecular formula is C16H13BF2N3O. The molecule has 23 heavy (non-hydrogen) atoms. The molecule has 115 valence electrons. The van der Waals surface area contributed by atoms with E-state index in [-0.39, 0.29) is 12.8 Å². The van der Waals surface area contributed by atoms with Crippen LogP contribution in [0.2, 0.25) is 0 Å². The Morgan fingerprint density at radius 2 is 2.13 bits per heavy atom. The van der Waals surface area contributed by atoms with Crippen LogP contribution < -0.4 is 0 Å². The van der Waals surface area contributed by atoms with E-state index in [0.717, 1.165) is 8.96 Å². The summed E-state index contributed by atoms with van der Waals surface area (Å²) < 4.78 is 32.6. The average Bonchev–Trinajstić information content (AvgIpc) is 3.24. The minimum absolute atomic E-state index is 0.109. The molecule has 0 spiro atoms. The Morgan fingerprint density at radius 1 is 1.26 bits per heavy atom. The van der Waals surface area contributed by atoms with E-state index < -0.39 is 6.97 Å². The highest BCUT2D eigenvalue weighted by atomic mass is 19.2. The predicted molar refractivity (Wildman–Crippen MR) is 84.9 cm³/mol. The molecule has 0 aromatic carbocycles. The zero-order valence-corrected chi connectivity index (χ0v) is 12.2. The minimum atomic E-state index is -4.02. The number of nitrogens with zero attached hydrogens (tertiary/aromatic N) is 2. The Bertz CT molecular complexity index is 875. The van der Waals surface area contributed by atoms with Gasteiger partial charge in [-0.15, -0.1) is 0 Å². The Morgan fingerprint density at radius 3 is 2.87 bits per heavy atom. The Balaban J connectivity index is 1.90. The van der Waals surface area contributed by atoms with Gasteiger partial charge in [0.15, 0.2) is 12.0 Å². The van der Waals surface area contributed by atoms with E-state index in [1.807, 2.05) is 0 Å². The molecule has 0 aliphatic carbocycles. The molecule has 4 rings (SSSR count). The second-order valence-electron chi connectivity index (χ2n) is 5.59. The summed E-state index contributed by atoms with van der Waals surface area (Å²) in [6.07, 6.45) is 8.89. The number of carbonyl (C=O) groups excluding carboxylic acids is 1. The van der Waals surface area contributed by atoms with Gasteiger partial charge in [0.05, 0.1) is 5.69 Å². The number of aromatic amines is 1. The van der Waals surface area contributed by atoms with Gasteiger partial charge in [-0.3, -0.25) is 4.79 Å². The number of hydrogen-bond acceptors (Lipinski definition) is 1. The third-order valence-corrected chi connectivity index (χ3v) is 4.26. The lowest BCUT2D eigenvalue weighted by Gasteiger charge is -2.30. The number of nitrogens with one attached hydrogen (secondary N) is 1. The number of fused-ring (bicyclic) bond motifs is 2. The standard InChI is InChI=1S/C16H13BF2N3O/c18-17(19)21-12(3-2-10-23)5-6-13(21)11-14-7-8-16(22(14)17)15-4-1-9-20-15/h1,4-9,11,20H,2-3H2. The normalized spacial score (nSPS) is 17.9. The van der Waals surface area contributed by atoms with Gasteiger partial charge in [-0.05, 0) is 24.3 Å². The topological polar surface area (TPSA) is 40.8 Å². The van der Waals surface area contributed by atoms with Crippen molar-refractivity contribution in [1.82, 2.24) is 9.46 Å². The molecule has 2 aliphatic heterocycles. The van der Waals surface area contributed by atoms with Crippen molar-refractivity contribution in [2.24, 2.45) is 0 Å². The highest BCUT2D eigenvalue weighted by Gasteiger charge is 2.52. The van der Waals surface area contributed by atoms with Crippen molar-refractivity contribution in [3.63, 3.8) is 0 Å². The number of H-pyrrole nitrogens is 1. The molecule has 2 aliphatic rings. The summed E-state index contributed by atoms with van der Waals surface area (Å²) in [7, 11) is 0. The second-order valence-corrected chi connectivity index (χ2v) is 5.59. The Hall–Kier alpha value is -2.70. The molecule has 0 amide bonds. The maximum absolute atomic E-state index is 15.3. The Kier molecular flexibility index (Phi) is 2.97. The van der Waals surface area contributed by atoms with Gasteiger partial charge in [0, 0.05) is 48.7 Å². The largest absolute Gasteiger partial charge is 0.737 e. The summed E-state index contributed by atoms with van der Waals surface area (Å²) in [4.78, 5) is 13.4. The highest BCUT2D eigenvalue weighted by Crippen LogP contribution is 2.35. The van der Waals surface area contributed by atoms with Gasteiger partial charge in [0.1, 0.15) is 5.71 Å². The van der Waals surface area contributed by atoms with E-state index in [9.17, 15) is 4.79 Å². The van der Waals surface area contributed by atoms with Crippen molar-refractivity contribution >= 4 is 25.0 Å². The van der Waals surface area contributed by atoms with Crippen molar-refractivity contribution < 1.29 is 17.9 Å². The fourth-order valence-corrected chi connectivity index (χ4v) is 3.29. The minimum Gasteiger partial charge on any atom is -0.389 e. The summed E-state index contributed by atoms with van der Waals surface area (Å²) in [5, 5.41) is 0. The second kappa shape index (κ2) is 4.91. The van der Waals surface area contributed by atoms with Crippen LogP contribution in [0, 0.1) is 0 Å². The fraction of sp³-hybridized carbons (Fsp3) is 0.125. The number of allylic oxidation sites excluding steroid dienone is 2. The van der Waals surface area contributed by atoms with E-state index in [0.29, 0.717) is 28.5 Å². The first kappa shape index (κ1) is 13.9. The number of halogens is 2. The van der Waals surface area contributed by atoms with Gasteiger partial charge in [0.2, 0.25) is 0 Å². The van der Waals surface area contributed by atoms with Crippen LogP contribution in [-0.4, -0.2) is 32.9 Å². The molecule has 4 nitrogen and oxygen atoms in total. The maximum atomic E-state index is 15.3. The van der Waals surface area contributed by atoms with E-state index in [2.05, 4.69) is 4.98 Å². The molecule has 0 fully saturated rings. The molecule has 1 N–H and O–H groups in total. The van der Waals surface area contributed by atoms with Crippen molar-refractivity contribution in [3.05, 3.63) is 54.0 Å². The molecule has 4 heterocycles. The van der Waals surface area contributed by atoms with Crippen LogP contribution in [0.1, 0.15) is 18.5 Å². The van der Waals surface area contributed by atoms with Crippen molar-refractivity contribution in [2.75, 3.05) is 0 Å². The molecule has 7 heteroatoms. The van der Waals surface area contributed by atoms with Gasteiger partial charge in [-0.1, -0.05) is 0 Å². The van der Waals surface area contributed by atoms with Gasteiger partial charge in [-0.2, -0.15) is 0 Å². The number of aromatic nitrogens is 2. The first-order valence-electron chi connectivity index (χ1n) is 7.40. The third kappa shape index (κ3) is 1.96. The third-order valence-electron chi connectivity index (χ3n) is 4.26. The molecule has 0 saturated heterocycles. The van der Waals surface area contributed by atoms with Crippen molar-refractivity contribution in [1.29, 1.82) is 0 Å². The van der Waals surface area contributed by atoms with Crippen LogP contribution in [0.15, 0.2) is 48.3 Å². The lowest BCUT2D eigenvalue weighted by molar-refractivity contribution is -0.362. The van der Waals surface area contributed by atoms with Crippen LogP contribution in [-0.2, 0) is 4.79 Å². The van der Waals surface area contributed by atoms with E-state index in [4.69, 9.17) is 0 Å². The quantitative estimate of drug-likeness (QED) is 0.866. The fourth-order valence-electron chi connectivity index (χ4n) is 3.29. The van der Waals surface area contributed by atoms with Crippen molar-refractivity contribution in [3.8, 4) is 11.4 Å². The van der Waals surface area contributed by atoms with Gasteiger partial charge in [0.25, 0.3) is 0 Å². The summed E-state index contributed by atoms with van der Waals surface area (Å²) >= 11 is 0. The number of hydrogen-bond donors (Lipinski definition) is 1. The summed E-state index contributed by atoms with van der Waals surface area (Å²) in [5.41, 5.74) is 2.46. The summed E-state index contributed by atoms with van der Waals surface area (Å²) in [6.45, 7) is -4.02. The molecule has 1 radical (unpaired) electrons. The molecule has 2 aromatic heterocycles. The van der Waals surface area contributed by atoms with Crippen LogP contribution in [0.25, 0.3) is 17.5 Å². The first-order valence-corrected chi connectivity index (χ1v) is 7.40. The van der Waals surface area contributed by atoms with Crippen LogP contribution in [0.4, 0.5) is 8.63 Å². The van der Waals surface area contributed by atoms with Crippen LogP contribution in [0.5, 0.6) is 0 Å². The maximum Gasteiger partial charge on any atom is 0.737 e. The predicted octanol–water partition coefficient (Wildman–Crippen LogP) is 2.97. The lowest BCUT2D eigenvalue weighted by Crippen LogP contribution is -2.50. The van der Waals surface area contributed by atoms with Crippen LogP contribution in [0.3, 0.4) is 0 Å². The molecule has 0 bridgehead atoms. The summed E-state index contributed by atoms with van der Waals surface area (Å²) in [5.74, 6) is 0. The van der Waals surface area contributed by atoms with Gasteiger partial charge in [-0.25, -0.2) is 0 Å². The first-order chi connectivity index (χ1) is 11.1. The average molecular weight is 312 g/mol. The van der Waals surface area contributed by atoms with Crippen molar-refractivity contribution in [2.45, 2.75) is 12.8 Å². The zero-order chi connectivity index (χ0) is 16.0. The van der Waals surface area contributed by atoms with E-state index in [1.165, 1.54) is 0 Å². The lowest BCUT2D eigenvalue weighted by atomic mass is 9.90. The SMILES string of the molecule is O=[C]CCC1=[N+]2C(=Cc3ccc(-c4ccc[nH]4)n3[B-]2(F)F)C=C1. The Labute approximate surface area is 131 Å². The molecule has 0 unspecified atom stereocenters. The monoisotopic (exact) mass is 312 g/mol. The molecule has 0 saturated carbocycles. The molecule has 2 aromatic rings. The molecule has 0 atom stereocenters. The smallest absolute Gasteiger partial charge is 0.389 e. The van der Waals surface area contributed by atoms with Crippen LogP contribution >= 0.6 is 0 Å². The van der Waals surface area contributed by atoms with Gasteiger partial charge >= 0.3 is 6.97 Å². The zero-order valence-electron chi connectivity index (χ0n) is 12.2. The summed E-state index contributed by atoms with van der Waals surface area (Å²) in [6, 6.07) is 6.93. The highest BCUT2D eigenvalue weighted by molar-refractivity contribution is 6.58. The van der Waals surface area contributed by atoms with Gasteiger partial charge < -0.3 is 22.6 Å².